The highest BCUT2D eigenvalue weighted by molar-refractivity contribution is 5.85. The summed E-state index contributed by atoms with van der Waals surface area (Å²) >= 11 is 0. The number of carbonyl (C=O) groups excluding carboxylic acids is 1. The number of aliphatic hydroxyl groups is 1. The number of carbonyl (C=O) groups is 1. The third-order valence-corrected chi connectivity index (χ3v) is 3.20. The molecule has 0 unspecified atom stereocenters. The van der Waals surface area contributed by atoms with Gasteiger partial charge in [0, 0.05) is 31.7 Å². The largest absolute Gasteiger partial charge is 0.493 e. The van der Waals surface area contributed by atoms with Crippen LogP contribution in [0.15, 0.2) is 18.2 Å². The van der Waals surface area contributed by atoms with Crippen LogP contribution in [0.25, 0.3) is 0 Å². The van der Waals surface area contributed by atoms with Crippen LogP contribution in [0.4, 0.5) is 0 Å². The fraction of sp³-hybridized carbons (Fsp3) is 0.611. The molecule has 158 valence electrons. The van der Waals surface area contributed by atoms with Gasteiger partial charge in [0.15, 0.2) is 18.1 Å². The molecule has 0 heterocycles. The Balaban J connectivity index is 0. The maximum atomic E-state index is 11.8. The second kappa shape index (κ2) is 14.8. The third-order valence-electron chi connectivity index (χ3n) is 3.20. The van der Waals surface area contributed by atoms with E-state index in [-0.39, 0.29) is 49.5 Å². The Bertz CT molecular complexity index is 540. The van der Waals surface area contributed by atoms with Gasteiger partial charge >= 0.3 is 0 Å². The van der Waals surface area contributed by atoms with Crippen LogP contribution >= 0.6 is 24.8 Å². The highest BCUT2D eigenvalue weighted by Gasteiger charge is 2.15. The number of hydrogen-bond acceptors (Lipinski definition) is 6. The zero-order chi connectivity index (χ0) is 18.7. The lowest BCUT2D eigenvalue weighted by molar-refractivity contribution is -0.124. The highest BCUT2D eigenvalue weighted by atomic mass is 35.5. The van der Waals surface area contributed by atoms with Crippen LogP contribution in [0.5, 0.6) is 11.5 Å². The number of nitrogens with one attached hydrogen (secondary N) is 3. The second-order valence-corrected chi connectivity index (χ2v) is 6.72. The van der Waals surface area contributed by atoms with E-state index in [4.69, 9.17) is 14.6 Å². The minimum atomic E-state index is -0.286. The smallest absolute Gasteiger partial charge is 0.258 e. The first-order chi connectivity index (χ1) is 11.9. The van der Waals surface area contributed by atoms with Gasteiger partial charge in [-0.25, -0.2) is 0 Å². The van der Waals surface area contributed by atoms with Crippen LogP contribution in [0.1, 0.15) is 26.3 Å². The van der Waals surface area contributed by atoms with Crippen LogP contribution in [0.2, 0.25) is 0 Å². The van der Waals surface area contributed by atoms with Crippen LogP contribution < -0.4 is 25.4 Å². The van der Waals surface area contributed by atoms with Gasteiger partial charge in [-0.1, -0.05) is 6.07 Å². The average molecular weight is 426 g/mol. The molecular weight excluding hydrogens is 393 g/mol. The molecule has 7 nitrogen and oxygen atoms in total. The van der Waals surface area contributed by atoms with Crippen molar-refractivity contribution in [3.63, 3.8) is 0 Å². The summed E-state index contributed by atoms with van der Waals surface area (Å²) in [5.41, 5.74) is 0.775. The molecule has 1 aromatic carbocycles. The van der Waals surface area contributed by atoms with Gasteiger partial charge in [0.1, 0.15) is 0 Å². The van der Waals surface area contributed by atoms with Crippen molar-refractivity contribution in [1.29, 1.82) is 0 Å². The Hall–Kier alpha value is -1.25. The van der Waals surface area contributed by atoms with Crippen LogP contribution in [-0.4, -0.2) is 56.5 Å². The van der Waals surface area contributed by atoms with E-state index < -0.39 is 0 Å². The molecule has 0 aliphatic carbocycles. The third kappa shape index (κ3) is 12.7. The zero-order valence-corrected chi connectivity index (χ0v) is 18.1. The Morgan fingerprint density at radius 2 is 1.74 bits per heavy atom. The fourth-order valence-electron chi connectivity index (χ4n) is 2.15. The zero-order valence-electron chi connectivity index (χ0n) is 16.5. The lowest BCUT2D eigenvalue weighted by Gasteiger charge is -2.20. The monoisotopic (exact) mass is 425 g/mol. The first-order valence-corrected chi connectivity index (χ1v) is 8.48. The summed E-state index contributed by atoms with van der Waals surface area (Å²) in [4.78, 5) is 11.8. The number of hydrogen-bond donors (Lipinski definition) is 4. The molecule has 27 heavy (non-hydrogen) atoms. The molecule has 0 aromatic heterocycles. The van der Waals surface area contributed by atoms with E-state index in [1.165, 1.54) is 0 Å². The lowest BCUT2D eigenvalue weighted by atomic mass is 10.1. The summed E-state index contributed by atoms with van der Waals surface area (Å²) in [5, 5.41) is 17.9. The summed E-state index contributed by atoms with van der Waals surface area (Å²) in [6.07, 6.45) is 0. The molecule has 0 bridgehead atoms. The van der Waals surface area contributed by atoms with Crippen molar-refractivity contribution in [3.05, 3.63) is 23.8 Å². The number of benzene rings is 1. The molecule has 0 saturated carbocycles. The van der Waals surface area contributed by atoms with Crippen molar-refractivity contribution in [3.8, 4) is 11.5 Å². The quantitative estimate of drug-likeness (QED) is 0.401. The first-order valence-electron chi connectivity index (χ1n) is 8.48. The van der Waals surface area contributed by atoms with Gasteiger partial charge in [0.2, 0.25) is 0 Å². The SMILES string of the molecule is COc1cc(CNCCNCCO)ccc1OCC(=O)NC(C)(C)C.Cl.Cl. The molecule has 1 amide bonds. The van der Waals surface area contributed by atoms with Crippen molar-refractivity contribution in [2.24, 2.45) is 0 Å². The Labute approximate surface area is 174 Å². The molecular formula is C18H33Cl2N3O4. The maximum Gasteiger partial charge on any atom is 0.258 e. The van der Waals surface area contributed by atoms with Gasteiger partial charge in [-0.05, 0) is 38.5 Å². The molecule has 4 N–H and O–H groups in total. The van der Waals surface area contributed by atoms with E-state index in [2.05, 4.69) is 16.0 Å². The molecule has 0 spiro atoms. The molecule has 1 aromatic rings. The minimum Gasteiger partial charge on any atom is -0.493 e. The average Bonchev–Trinajstić information content (AvgIpc) is 2.55. The topological polar surface area (TPSA) is 91.8 Å². The molecule has 0 aliphatic rings. The Morgan fingerprint density at radius 3 is 2.33 bits per heavy atom. The lowest BCUT2D eigenvalue weighted by Crippen LogP contribution is -2.43. The van der Waals surface area contributed by atoms with Crippen molar-refractivity contribution in [2.45, 2.75) is 32.9 Å². The highest BCUT2D eigenvalue weighted by Crippen LogP contribution is 2.28. The normalized spacial score (nSPS) is 10.4. The van der Waals surface area contributed by atoms with Crippen molar-refractivity contribution in [2.75, 3.05) is 40.0 Å². The van der Waals surface area contributed by atoms with Crippen LogP contribution in [0.3, 0.4) is 0 Å². The molecule has 0 aliphatic heterocycles. The summed E-state index contributed by atoms with van der Waals surface area (Å²) < 4.78 is 10.9. The van der Waals surface area contributed by atoms with Crippen molar-refractivity contribution >= 4 is 30.7 Å². The molecule has 1 rings (SSSR count). The molecule has 0 fully saturated rings. The van der Waals surface area contributed by atoms with Crippen molar-refractivity contribution in [1.82, 2.24) is 16.0 Å². The number of aliphatic hydroxyl groups excluding tert-OH is 1. The molecule has 9 heteroatoms. The summed E-state index contributed by atoms with van der Waals surface area (Å²) in [5.74, 6) is 0.969. The van der Waals surface area contributed by atoms with Gasteiger partial charge in [-0.15, -0.1) is 24.8 Å². The second-order valence-electron chi connectivity index (χ2n) is 6.72. The summed E-state index contributed by atoms with van der Waals surface area (Å²) in [6.45, 7) is 8.75. The number of amides is 1. The number of rotatable bonds is 11. The van der Waals surface area contributed by atoms with E-state index in [9.17, 15) is 4.79 Å². The number of methoxy groups -OCH3 is 1. The molecule has 0 saturated heterocycles. The maximum absolute atomic E-state index is 11.8. The van der Waals surface area contributed by atoms with Crippen molar-refractivity contribution < 1.29 is 19.4 Å². The van der Waals surface area contributed by atoms with Gasteiger partial charge in [0.05, 0.1) is 13.7 Å². The van der Waals surface area contributed by atoms with Gasteiger partial charge in [0.25, 0.3) is 5.91 Å². The predicted molar refractivity (Wildman–Crippen MR) is 113 cm³/mol. The molecule has 0 radical (unpaired) electrons. The predicted octanol–water partition coefficient (Wildman–Crippen LogP) is 1.50. The number of halogens is 2. The minimum absolute atomic E-state index is 0. The van der Waals surface area contributed by atoms with E-state index in [1.54, 1.807) is 7.11 Å². The first kappa shape index (κ1) is 28.0. The Kier molecular flexibility index (Phi) is 15.3. The van der Waals surface area contributed by atoms with Crippen LogP contribution in [-0.2, 0) is 11.3 Å². The van der Waals surface area contributed by atoms with Crippen LogP contribution in [0, 0.1) is 0 Å². The van der Waals surface area contributed by atoms with E-state index in [0.29, 0.717) is 24.6 Å². The summed E-state index contributed by atoms with van der Waals surface area (Å²) in [7, 11) is 1.58. The number of ether oxygens (including phenoxy) is 2. The summed E-state index contributed by atoms with van der Waals surface area (Å²) in [6, 6.07) is 5.64. The Morgan fingerprint density at radius 1 is 1.07 bits per heavy atom. The standard InChI is InChI=1S/C18H31N3O4.2ClH/c1-18(2,3)21-17(23)13-25-15-6-5-14(11-16(15)24-4)12-20-8-7-19-9-10-22;;/h5-6,11,19-20,22H,7-10,12-13H2,1-4H3,(H,21,23);2*1H. The van der Waals surface area contributed by atoms with E-state index >= 15 is 0 Å². The van der Waals surface area contributed by atoms with E-state index in [0.717, 1.165) is 18.7 Å². The van der Waals surface area contributed by atoms with Gasteiger partial charge in [-0.2, -0.15) is 0 Å². The van der Waals surface area contributed by atoms with Gasteiger partial charge in [-0.3, -0.25) is 4.79 Å². The van der Waals surface area contributed by atoms with Gasteiger partial charge < -0.3 is 30.5 Å². The van der Waals surface area contributed by atoms with E-state index in [1.807, 2.05) is 39.0 Å². The fourth-order valence-corrected chi connectivity index (χ4v) is 2.15. The molecule has 0 atom stereocenters.